The number of carbonyl (C=O) groups is 1. The van der Waals surface area contributed by atoms with E-state index in [1.54, 1.807) is 17.0 Å². The normalized spacial score (nSPS) is 14.7. The third-order valence-electron chi connectivity index (χ3n) is 2.90. The van der Waals surface area contributed by atoms with Crippen molar-refractivity contribution in [2.24, 2.45) is 0 Å². The third-order valence-corrected chi connectivity index (χ3v) is 2.90. The summed E-state index contributed by atoms with van der Waals surface area (Å²) in [4.78, 5) is 14.0. The van der Waals surface area contributed by atoms with Gasteiger partial charge in [0.15, 0.2) is 0 Å². The van der Waals surface area contributed by atoms with E-state index in [1.807, 2.05) is 12.1 Å². The lowest BCUT2D eigenvalue weighted by Crippen LogP contribution is -2.40. The quantitative estimate of drug-likeness (QED) is 0.803. The standard InChI is InChI=1S/C15H17NO3/c17-10-2-1-3-13-4-6-14(7-5-13)15(18)16-8-11-19-12-9-16/h4-7,17H,2,8-12H2. The lowest BCUT2D eigenvalue weighted by atomic mass is 10.1. The number of rotatable bonds is 2. The number of amides is 1. The minimum Gasteiger partial charge on any atom is -0.395 e. The highest BCUT2D eigenvalue weighted by Crippen LogP contribution is 2.09. The molecule has 1 aliphatic rings. The van der Waals surface area contributed by atoms with Gasteiger partial charge in [0.1, 0.15) is 0 Å². The number of ether oxygens (including phenoxy) is 1. The molecule has 0 unspecified atom stereocenters. The van der Waals surface area contributed by atoms with Crippen LogP contribution in [0.15, 0.2) is 24.3 Å². The molecule has 4 nitrogen and oxygen atoms in total. The second kappa shape index (κ2) is 6.93. The van der Waals surface area contributed by atoms with Crippen molar-refractivity contribution in [3.05, 3.63) is 35.4 Å². The molecule has 2 rings (SSSR count). The average Bonchev–Trinajstić information content (AvgIpc) is 2.48. The van der Waals surface area contributed by atoms with Gasteiger partial charge in [-0.05, 0) is 24.3 Å². The maximum atomic E-state index is 12.2. The Hall–Kier alpha value is -1.83. The third kappa shape index (κ3) is 3.82. The molecule has 19 heavy (non-hydrogen) atoms. The monoisotopic (exact) mass is 259 g/mol. The molecule has 0 bridgehead atoms. The van der Waals surface area contributed by atoms with Crippen molar-refractivity contribution < 1.29 is 14.6 Å². The number of hydrogen-bond acceptors (Lipinski definition) is 3. The molecule has 1 saturated heterocycles. The summed E-state index contributed by atoms with van der Waals surface area (Å²) in [7, 11) is 0. The summed E-state index contributed by atoms with van der Waals surface area (Å²) in [6, 6.07) is 7.25. The van der Waals surface area contributed by atoms with E-state index < -0.39 is 0 Å². The van der Waals surface area contributed by atoms with Crippen LogP contribution in [0.2, 0.25) is 0 Å². The van der Waals surface area contributed by atoms with Gasteiger partial charge in [0.05, 0.1) is 19.8 Å². The lowest BCUT2D eigenvalue weighted by molar-refractivity contribution is 0.0303. The van der Waals surface area contributed by atoms with E-state index in [0.717, 1.165) is 5.56 Å². The van der Waals surface area contributed by atoms with Gasteiger partial charge in [-0.3, -0.25) is 4.79 Å². The van der Waals surface area contributed by atoms with Crippen LogP contribution < -0.4 is 0 Å². The smallest absolute Gasteiger partial charge is 0.254 e. The number of nitrogens with zero attached hydrogens (tertiary/aromatic N) is 1. The maximum absolute atomic E-state index is 12.2. The van der Waals surface area contributed by atoms with E-state index >= 15 is 0 Å². The second-order valence-electron chi connectivity index (χ2n) is 4.26. The van der Waals surface area contributed by atoms with E-state index in [2.05, 4.69) is 11.8 Å². The first-order chi connectivity index (χ1) is 9.31. The van der Waals surface area contributed by atoms with Crippen LogP contribution in [0.5, 0.6) is 0 Å². The predicted molar refractivity (Wildman–Crippen MR) is 71.7 cm³/mol. The number of aliphatic hydroxyl groups excluding tert-OH is 1. The molecular weight excluding hydrogens is 242 g/mol. The molecule has 0 atom stereocenters. The molecule has 1 fully saturated rings. The Kier molecular flexibility index (Phi) is 4.96. The topological polar surface area (TPSA) is 49.8 Å². The summed E-state index contributed by atoms with van der Waals surface area (Å²) in [6.07, 6.45) is 0.467. The number of benzene rings is 1. The number of morpholine rings is 1. The first-order valence-corrected chi connectivity index (χ1v) is 6.38. The number of carbonyl (C=O) groups excluding carboxylic acids is 1. The van der Waals surface area contributed by atoms with E-state index in [1.165, 1.54) is 0 Å². The van der Waals surface area contributed by atoms with Crippen LogP contribution in [-0.2, 0) is 4.74 Å². The van der Waals surface area contributed by atoms with Crippen molar-refractivity contribution in [1.29, 1.82) is 0 Å². The Bertz CT molecular complexity index is 478. The van der Waals surface area contributed by atoms with Gasteiger partial charge >= 0.3 is 0 Å². The SMILES string of the molecule is O=C(c1ccc(C#CCCO)cc1)N1CCOCC1. The fourth-order valence-electron chi connectivity index (χ4n) is 1.87. The summed E-state index contributed by atoms with van der Waals surface area (Å²) in [5.74, 6) is 5.83. The van der Waals surface area contributed by atoms with Crippen molar-refractivity contribution in [3.63, 3.8) is 0 Å². The van der Waals surface area contributed by atoms with Gasteiger partial charge < -0.3 is 14.7 Å². The second-order valence-corrected chi connectivity index (χ2v) is 4.26. The lowest BCUT2D eigenvalue weighted by Gasteiger charge is -2.26. The van der Waals surface area contributed by atoms with Crippen LogP contribution in [0.4, 0.5) is 0 Å². The molecule has 1 amide bonds. The summed E-state index contributed by atoms with van der Waals surface area (Å²) in [6.45, 7) is 2.58. The van der Waals surface area contributed by atoms with Gasteiger partial charge in [-0.1, -0.05) is 11.8 Å². The summed E-state index contributed by atoms with van der Waals surface area (Å²) < 4.78 is 5.23. The van der Waals surface area contributed by atoms with Crippen molar-refractivity contribution in [2.45, 2.75) is 6.42 Å². The highest BCUT2D eigenvalue weighted by atomic mass is 16.5. The van der Waals surface area contributed by atoms with E-state index in [-0.39, 0.29) is 12.5 Å². The van der Waals surface area contributed by atoms with Crippen LogP contribution in [0.3, 0.4) is 0 Å². The first kappa shape index (κ1) is 13.6. The molecule has 100 valence electrons. The summed E-state index contributed by atoms with van der Waals surface area (Å²) in [5, 5.41) is 8.64. The van der Waals surface area contributed by atoms with Crippen LogP contribution in [0, 0.1) is 11.8 Å². The van der Waals surface area contributed by atoms with Gasteiger partial charge in [0, 0.05) is 30.6 Å². The Morgan fingerprint density at radius 2 is 1.95 bits per heavy atom. The first-order valence-electron chi connectivity index (χ1n) is 6.38. The van der Waals surface area contributed by atoms with Gasteiger partial charge in [-0.25, -0.2) is 0 Å². The minimum atomic E-state index is 0.0400. The average molecular weight is 259 g/mol. The van der Waals surface area contributed by atoms with Gasteiger partial charge in [0.25, 0.3) is 5.91 Å². The Labute approximate surface area is 113 Å². The molecule has 0 radical (unpaired) electrons. The Balaban J connectivity index is 2.01. The fourth-order valence-corrected chi connectivity index (χ4v) is 1.87. The van der Waals surface area contributed by atoms with Gasteiger partial charge in [-0.2, -0.15) is 0 Å². The van der Waals surface area contributed by atoms with Gasteiger partial charge in [0.2, 0.25) is 0 Å². The van der Waals surface area contributed by atoms with Crippen LogP contribution in [-0.4, -0.2) is 48.8 Å². The van der Waals surface area contributed by atoms with Crippen molar-refractivity contribution in [2.75, 3.05) is 32.9 Å². The zero-order chi connectivity index (χ0) is 13.5. The van der Waals surface area contributed by atoms with Crippen molar-refractivity contribution in [1.82, 2.24) is 4.90 Å². The molecule has 0 saturated carbocycles. The van der Waals surface area contributed by atoms with Gasteiger partial charge in [-0.15, -0.1) is 0 Å². The molecule has 4 heteroatoms. The van der Waals surface area contributed by atoms with E-state index in [4.69, 9.17) is 9.84 Å². The molecule has 1 aliphatic heterocycles. The Morgan fingerprint density at radius 3 is 2.58 bits per heavy atom. The molecule has 1 heterocycles. The van der Waals surface area contributed by atoms with E-state index in [0.29, 0.717) is 38.3 Å². The highest BCUT2D eigenvalue weighted by Gasteiger charge is 2.17. The predicted octanol–water partition coefficient (Wildman–Crippen LogP) is 0.893. The van der Waals surface area contributed by atoms with Crippen LogP contribution in [0.25, 0.3) is 0 Å². The molecule has 1 N–H and O–H groups in total. The van der Waals surface area contributed by atoms with Crippen molar-refractivity contribution >= 4 is 5.91 Å². The zero-order valence-corrected chi connectivity index (χ0v) is 10.8. The molecule has 1 aromatic rings. The molecular formula is C15H17NO3. The highest BCUT2D eigenvalue weighted by molar-refractivity contribution is 5.94. The van der Waals surface area contributed by atoms with Crippen LogP contribution in [0.1, 0.15) is 22.3 Å². The molecule has 0 spiro atoms. The number of aliphatic hydroxyl groups is 1. The van der Waals surface area contributed by atoms with E-state index in [9.17, 15) is 4.79 Å². The summed E-state index contributed by atoms with van der Waals surface area (Å²) >= 11 is 0. The Morgan fingerprint density at radius 1 is 1.26 bits per heavy atom. The zero-order valence-electron chi connectivity index (χ0n) is 10.8. The van der Waals surface area contributed by atoms with Crippen molar-refractivity contribution in [3.8, 4) is 11.8 Å². The largest absolute Gasteiger partial charge is 0.395 e. The fraction of sp³-hybridized carbons (Fsp3) is 0.400. The minimum absolute atomic E-state index is 0.0400. The summed E-state index contributed by atoms with van der Waals surface area (Å²) in [5.41, 5.74) is 1.53. The molecule has 1 aromatic carbocycles. The molecule has 0 aliphatic carbocycles. The number of hydrogen-bond donors (Lipinski definition) is 1. The maximum Gasteiger partial charge on any atom is 0.254 e. The molecule has 0 aromatic heterocycles. The van der Waals surface area contributed by atoms with Crippen LogP contribution >= 0.6 is 0 Å².